The molecule has 0 aliphatic carbocycles. The first-order valence-corrected chi connectivity index (χ1v) is 9.55. The lowest BCUT2D eigenvalue weighted by Crippen LogP contribution is -2.26. The van der Waals surface area contributed by atoms with Crippen LogP contribution in [0.3, 0.4) is 0 Å². The molecule has 0 saturated carbocycles. The topological polar surface area (TPSA) is 114 Å². The second-order valence-electron chi connectivity index (χ2n) is 6.53. The molecule has 2 aromatic carbocycles. The van der Waals surface area contributed by atoms with E-state index in [2.05, 4.69) is 20.5 Å². The Balaban J connectivity index is 1.72. The van der Waals surface area contributed by atoms with Gasteiger partial charge in [0, 0.05) is 6.20 Å². The highest BCUT2D eigenvalue weighted by Crippen LogP contribution is 2.26. The Bertz CT molecular complexity index is 1310. The summed E-state index contributed by atoms with van der Waals surface area (Å²) in [7, 11) is 0. The average Bonchev–Trinajstić information content (AvgIpc) is 3.33. The number of carbonyl (C=O) groups excluding carboxylic acids is 1. The van der Waals surface area contributed by atoms with E-state index in [1.165, 1.54) is 34.0 Å². The number of carbonyl (C=O) groups is 1. The van der Waals surface area contributed by atoms with Crippen LogP contribution in [-0.4, -0.2) is 42.3 Å². The molecule has 0 aliphatic rings. The summed E-state index contributed by atoms with van der Waals surface area (Å²) < 4.78 is 26.8. The molecule has 0 spiro atoms. The van der Waals surface area contributed by atoms with E-state index in [-0.39, 0.29) is 24.6 Å². The zero-order valence-corrected chi connectivity index (χ0v) is 16.9. The van der Waals surface area contributed by atoms with Crippen molar-refractivity contribution >= 4 is 5.97 Å². The number of tetrazole rings is 1. The summed E-state index contributed by atoms with van der Waals surface area (Å²) in [4.78, 5) is 28.8. The summed E-state index contributed by atoms with van der Waals surface area (Å²) >= 11 is 0. The van der Waals surface area contributed by atoms with Crippen LogP contribution >= 0.6 is 0 Å². The quantitative estimate of drug-likeness (QED) is 0.405. The number of hydrogen-bond donors (Lipinski definition) is 0. The highest BCUT2D eigenvalue weighted by molar-refractivity contribution is 5.88. The van der Waals surface area contributed by atoms with Gasteiger partial charge >= 0.3 is 5.97 Å². The van der Waals surface area contributed by atoms with Crippen LogP contribution < -0.4 is 10.3 Å². The van der Waals surface area contributed by atoms with Gasteiger partial charge < -0.3 is 9.47 Å². The van der Waals surface area contributed by atoms with Crippen LogP contribution in [0.15, 0.2) is 66.1 Å². The maximum Gasteiger partial charge on any atom is 0.345 e. The summed E-state index contributed by atoms with van der Waals surface area (Å²) in [5, 5.41) is 11.1. The van der Waals surface area contributed by atoms with Gasteiger partial charge in [0.2, 0.25) is 0 Å². The van der Waals surface area contributed by atoms with E-state index in [0.29, 0.717) is 22.7 Å². The van der Waals surface area contributed by atoms with Gasteiger partial charge in [-0.1, -0.05) is 12.1 Å². The van der Waals surface area contributed by atoms with Gasteiger partial charge in [0.05, 0.1) is 12.3 Å². The molecule has 162 valence electrons. The second-order valence-corrected chi connectivity index (χ2v) is 6.53. The molecule has 0 atom stereocenters. The molecule has 4 aromatic rings. The van der Waals surface area contributed by atoms with E-state index in [0.717, 1.165) is 6.20 Å². The van der Waals surface area contributed by atoms with Crippen LogP contribution in [0.1, 0.15) is 22.8 Å². The number of ether oxygens (including phenoxy) is 2. The predicted octanol–water partition coefficient (Wildman–Crippen LogP) is 2.10. The molecule has 0 unspecified atom stereocenters. The van der Waals surface area contributed by atoms with Gasteiger partial charge in [-0.3, -0.25) is 9.36 Å². The Morgan fingerprint density at radius 2 is 2.03 bits per heavy atom. The van der Waals surface area contributed by atoms with Crippen molar-refractivity contribution < 1.29 is 18.7 Å². The van der Waals surface area contributed by atoms with Crippen molar-refractivity contribution in [3.63, 3.8) is 0 Å². The van der Waals surface area contributed by atoms with Crippen LogP contribution in [0, 0.1) is 5.82 Å². The Kier molecular flexibility index (Phi) is 5.97. The molecule has 0 saturated heterocycles. The fourth-order valence-electron chi connectivity index (χ4n) is 2.96. The Morgan fingerprint density at radius 1 is 1.16 bits per heavy atom. The van der Waals surface area contributed by atoms with Gasteiger partial charge in [-0.15, -0.1) is 5.10 Å². The summed E-state index contributed by atoms with van der Waals surface area (Å²) in [6.45, 7) is 1.88. The summed E-state index contributed by atoms with van der Waals surface area (Å²) in [5.74, 6) is -0.724. The molecule has 0 amide bonds. The van der Waals surface area contributed by atoms with E-state index in [4.69, 9.17) is 9.47 Å². The average molecular weight is 436 g/mol. The predicted molar refractivity (Wildman–Crippen MR) is 109 cm³/mol. The molecular formula is C21H17FN6O4. The van der Waals surface area contributed by atoms with Gasteiger partial charge in [0.1, 0.15) is 42.1 Å². The summed E-state index contributed by atoms with van der Waals surface area (Å²) in [6.07, 6.45) is 3.82. The van der Waals surface area contributed by atoms with E-state index in [1.54, 1.807) is 37.3 Å². The van der Waals surface area contributed by atoms with Crippen molar-refractivity contribution in [3.05, 3.63) is 88.6 Å². The second kappa shape index (κ2) is 9.16. The van der Waals surface area contributed by atoms with Gasteiger partial charge in [0.25, 0.3) is 5.56 Å². The number of esters is 1. The molecule has 0 bridgehead atoms. The molecule has 4 rings (SSSR count). The maximum absolute atomic E-state index is 13.5. The molecule has 0 fully saturated rings. The van der Waals surface area contributed by atoms with Gasteiger partial charge in [-0.2, -0.15) is 4.68 Å². The molecule has 0 radical (unpaired) electrons. The molecule has 11 heteroatoms. The van der Waals surface area contributed by atoms with Crippen LogP contribution in [0.5, 0.6) is 5.75 Å². The summed E-state index contributed by atoms with van der Waals surface area (Å²) in [6, 6.07) is 10.9. The van der Waals surface area contributed by atoms with E-state index < -0.39 is 11.5 Å². The largest absolute Gasteiger partial charge is 0.487 e. The minimum atomic E-state index is -0.755. The SMILES string of the molecule is CCOC(=O)c1cncn(-c2ccc(OCc3cccc(F)c3)c(-n3cnnn3)c2)c1=O. The minimum Gasteiger partial charge on any atom is -0.487 e. The fourth-order valence-corrected chi connectivity index (χ4v) is 2.96. The molecule has 32 heavy (non-hydrogen) atoms. The number of rotatable bonds is 7. The van der Waals surface area contributed by atoms with Gasteiger partial charge in [0.15, 0.2) is 0 Å². The Labute approximate surface area is 180 Å². The maximum atomic E-state index is 13.5. The lowest BCUT2D eigenvalue weighted by molar-refractivity contribution is 0.0523. The molecule has 2 aromatic heterocycles. The van der Waals surface area contributed by atoms with E-state index >= 15 is 0 Å². The third kappa shape index (κ3) is 4.36. The van der Waals surface area contributed by atoms with Crippen molar-refractivity contribution in [1.29, 1.82) is 0 Å². The highest BCUT2D eigenvalue weighted by atomic mass is 19.1. The number of hydrogen-bond acceptors (Lipinski definition) is 8. The van der Waals surface area contributed by atoms with Crippen LogP contribution in [0.25, 0.3) is 11.4 Å². The molecule has 0 N–H and O–H groups in total. The third-order valence-electron chi connectivity index (χ3n) is 4.43. The number of nitrogens with zero attached hydrogens (tertiary/aromatic N) is 6. The Morgan fingerprint density at radius 3 is 2.78 bits per heavy atom. The minimum absolute atomic E-state index is 0.103. The smallest absolute Gasteiger partial charge is 0.345 e. The lowest BCUT2D eigenvalue weighted by atomic mass is 10.2. The highest BCUT2D eigenvalue weighted by Gasteiger charge is 2.16. The normalized spacial score (nSPS) is 10.7. The first-order valence-electron chi connectivity index (χ1n) is 9.55. The standard InChI is InChI=1S/C21H17FN6O4/c1-2-31-21(30)17-10-23-12-27(20(17)29)16-6-7-19(18(9-16)28-13-24-25-26-28)32-11-14-4-3-5-15(22)8-14/h3-10,12-13H,2,11H2,1H3. The monoisotopic (exact) mass is 436 g/mol. The van der Waals surface area contributed by atoms with Crippen LogP contribution in [0.4, 0.5) is 4.39 Å². The van der Waals surface area contributed by atoms with Crippen molar-refractivity contribution in [2.24, 2.45) is 0 Å². The van der Waals surface area contributed by atoms with E-state index in [9.17, 15) is 14.0 Å². The fraction of sp³-hybridized carbons (Fsp3) is 0.143. The molecule has 0 aliphatic heterocycles. The summed E-state index contributed by atoms with van der Waals surface area (Å²) in [5.41, 5.74) is 0.688. The van der Waals surface area contributed by atoms with E-state index in [1.807, 2.05) is 0 Å². The van der Waals surface area contributed by atoms with Gasteiger partial charge in [-0.05, 0) is 53.2 Å². The number of aromatic nitrogens is 6. The third-order valence-corrected chi connectivity index (χ3v) is 4.43. The van der Waals surface area contributed by atoms with Crippen molar-refractivity contribution in [2.75, 3.05) is 6.61 Å². The number of halogens is 1. The van der Waals surface area contributed by atoms with Gasteiger partial charge in [-0.25, -0.2) is 14.2 Å². The zero-order valence-electron chi connectivity index (χ0n) is 16.9. The molecular weight excluding hydrogens is 419 g/mol. The van der Waals surface area contributed by atoms with Crippen molar-refractivity contribution in [2.45, 2.75) is 13.5 Å². The van der Waals surface area contributed by atoms with Crippen LogP contribution in [0.2, 0.25) is 0 Å². The van der Waals surface area contributed by atoms with Crippen LogP contribution in [-0.2, 0) is 11.3 Å². The first kappa shape index (κ1) is 20.8. The molecule has 2 heterocycles. The Hall–Kier alpha value is -4.41. The lowest BCUT2D eigenvalue weighted by Gasteiger charge is -2.14. The molecule has 10 nitrogen and oxygen atoms in total. The van der Waals surface area contributed by atoms with Crippen molar-refractivity contribution in [3.8, 4) is 17.1 Å². The zero-order chi connectivity index (χ0) is 22.5. The van der Waals surface area contributed by atoms with Crippen molar-refractivity contribution in [1.82, 2.24) is 29.8 Å². The number of benzene rings is 2. The first-order chi connectivity index (χ1) is 15.6.